The molecule has 14 heteroatoms. The average Bonchev–Trinajstić information content (AvgIpc) is 4.07. The van der Waals surface area contributed by atoms with Crippen LogP contribution in [0.2, 0.25) is 0 Å². The third kappa shape index (κ3) is 19.4. The first kappa shape index (κ1) is 59.7. The van der Waals surface area contributed by atoms with Gasteiger partial charge in [0.1, 0.15) is 12.0 Å². The predicted molar refractivity (Wildman–Crippen MR) is 323 cm³/mol. The highest BCUT2D eigenvalue weighted by Gasteiger charge is 2.29. The summed E-state index contributed by atoms with van der Waals surface area (Å²) in [5, 5.41) is 10.1. The van der Waals surface area contributed by atoms with Crippen LogP contribution in [0, 0.1) is 10.8 Å². The van der Waals surface area contributed by atoms with Crippen molar-refractivity contribution in [1.29, 1.82) is 0 Å². The standard InChI is InChI=1S/C63H100N12O2/c1-48(2)65-59(77)46-73-34-33-72(32-31-71(44-49(3)43-62(4,5)6)35-37-74(38-36-73)47-63(7,8)9)45-58(76)64-28-18-16-14-12-13-15-17-19-50-20-22-51(23-21-50)60-66-54-26-24-52(41-56(54)67-60)61-68-55-27-25-53(42-57(55)70(61)11)75-39-29-69(10)30-40-75/h20-27,41-42,48,61,68H,3,12-19,28-40,43-47H2,1-2,4-11H3,(H,64,76)(H,65,77)(H,66,67). The Morgan fingerprint density at radius 2 is 1.27 bits per heavy atom. The molecule has 3 aliphatic heterocycles. The third-order valence-corrected chi connectivity index (χ3v) is 15.5. The minimum atomic E-state index is 0.0550. The van der Waals surface area contributed by atoms with Gasteiger partial charge in [-0.15, -0.1) is 0 Å². The number of amides is 2. The molecule has 2 amide bonds. The highest BCUT2D eigenvalue weighted by Crippen LogP contribution is 2.42. The van der Waals surface area contributed by atoms with Crippen molar-refractivity contribution >= 4 is 39.9 Å². The van der Waals surface area contributed by atoms with E-state index in [1.807, 2.05) is 13.8 Å². The van der Waals surface area contributed by atoms with Gasteiger partial charge >= 0.3 is 0 Å². The molecule has 2 fully saturated rings. The lowest BCUT2D eigenvalue weighted by Gasteiger charge is -2.36. The zero-order valence-electron chi connectivity index (χ0n) is 49.4. The van der Waals surface area contributed by atoms with Gasteiger partial charge in [-0.25, -0.2) is 4.98 Å². The second-order valence-corrected chi connectivity index (χ2v) is 25.7. The zero-order valence-corrected chi connectivity index (χ0v) is 49.4. The van der Waals surface area contributed by atoms with Crippen molar-refractivity contribution in [3.63, 3.8) is 0 Å². The maximum atomic E-state index is 13.5. The van der Waals surface area contributed by atoms with Gasteiger partial charge in [0.25, 0.3) is 0 Å². The molecule has 7 rings (SSSR count). The predicted octanol–water partition coefficient (Wildman–Crippen LogP) is 9.72. The number of H-pyrrole nitrogens is 1. The maximum Gasteiger partial charge on any atom is 0.234 e. The Hall–Kier alpha value is -4.99. The second kappa shape index (κ2) is 28.2. The molecular formula is C63H100N12O2. The molecular weight excluding hydrogens is 957 g/mol. The van der Waals surface area contributed by atoms with Crippen LogP contribution < -0.4 is 25.8 Å². The second-order valence-electron chi connectivity index (χ2n) is 25.7. The Balaban J connectivity index is 0.806. The minimum Gasteiger partial charge on any atom is -0.369 e. The molecule has 77 heavy (non-hydrogen) atoms. The zero-order chi connectivity index (χ0) is 55.1. The van der Waals surface area contributed by atoms with Crippen molar-refractivity contribution < 1.29 is 9.59 Å². The third-order valence-electron chi connectivity index (χ3n) is 15.5. The first-order valence-corrected chi connectivity index (χ1v) is 29.5. The van der Waals surface area contributed by atoms with E-state index in [1.165, 1.54) is 65.9 Å². The summed E-state index contributed by atoms with van der Waals surface area (Å²) in [6, 6.07) is 22.5. The van der Waals surface area contributed by atoms with E-state index >= 15 is 0 Å². The molecule has 1 unspecified atom stereocenters. The van der Waals surface area contributed by atoms with E-state index in [-0.39, 0.29) is 34.9 Å². The summed E-state index contributed by atoms with van der Waals surface area (Å²) in [5.41, 5.74) is 11.1. The van der Waals surface area contributed by atoms with Crippen LogP contribution in [0.15, 0.2) is 72.8 Å². The fourth-order valence-corrected chi connectivity index (χ4v) is 11.4. The number of likely N-dealkylation sites (N-methyl/N-ethyl adjacent to an activating group) is 1. The van der Waals surface area contributed by atoms with E-state index in [2.05, 4.69) is 178 Å². The Morgan fingerprint density at radius 3 is 1.90 bits per heavy atom. The fourth-order valence-electron chi connectivity index (χ4n) is 11.4. The summed E-state index contributed by atoms with van der Waals surface area (Å²) in [4.78, 5) is 52.1. The maximum absolute atomic E-state index is 13.5. The molecule has 1 atom stereocenters. The molecule has 0 radical (unpaired) electrons. The summed E-state index contributed by atoms with van der Waals surface area (Å²) in [5.74, 6) is 1.06. The average molecular weight is 1060 g/mol. The molecule has 0 saturated carbocycles. The van der Waals surface area contributed by atoms with Crippen molar-refractivity contribution in [3.05, 3.63) is 83.9 Å². The minimum absolute atomic E-state index is 0.0550. The fraction of sp³-hybridized carbons (Fsp3) is 0.635. The molecule has 3 aliphatic rings. The van der Waals surface area contributed by atoms with Crippen LogP contribution in [0.5, 0.6) is 0 Å². The number of anilines is 3. The van der Waals surface area contributed by atoms with E-state index in [0.717, 1.165) is 140 Å². The Kier molecular flexibility index (Phi) is 21.9. The molecule has 4 aromatic rings. The van der Waals surface area contributed by atoms with E-state index in [1.54, 1.807) is 0 Å². The van der Waals surface area contributed by atoms with Gasteiger partial charge in [0.15, 0.2) is 0 Å². The number of carbonyl (C=O) groups is 2. The van der Waals surface area contributed by atoms with Crippen LogP contribution in [0.25, 0.3) is 22.4 Å². The van der Waals surface area contributed by atoms with Gasteiger partial charge in [-0.2, -0.15) is 0 Å². The number of piperazine rings is 1. The number of carbonyl (C=O) groups excluding carboxylic acids is 2. The van der Waals surface area contributed by atoms with Gasteiger partial charge < -0.3 is 40.5 Å². The van der Waals surface area contributed by atoms with Crippen molar-refractivity contribution in [2.24, 2.45) is 10.8 Å². The summed E-state index contributed by atoms with van der Waals surface area (Å²) in [6.45, 7) is 36.7. The topological polar surface area (TPSA) is 122 Å². The number of imidazole rings is 1. The molecule has 14 nitrogen and oxygen atoms in total. The molecule has 0 spiro atoms. The van der Waals surface area contributed by atoms with Crippen LogP contribution in [0.1, 0.15) is 124 Å². The van der Waals surface area contributed by atoms with Crippen molar-refractivity contribution in [1.82, 2.24) is 45.1 Å². The molecule has 424 valence electrons. The number of rotatable bonds is 22. The van der Waals surface area contributed by atoms with Gasteiger partial charge in [-0.05, 0) is 98.9 Å². The molecule has 4 heterocycles. The SMILES string of the molecule is C=C(CN1CCN(CC(=O)NCCCCCCCCCc2ccc(-c3nc4ccc(C5Nc6ccc(N7CCN(C)CC7)cc6N5C)cc4[nH]3)cc2)CCN(CC(=O)NC(C)C)CCN(CC(C)(C)C)CC1)CC(C)(C)C. The number of aromatic nitrogens is 2. The van der Waals surface area contributed by atoms with Crippen LogP contribution in [-0.4, -0.2) is 178 Å². The van der Waals surface area contributed by atoms with Gasteiger partial charge in [-0.1, -0.05) is 116 Å². The van der Waals surface area contributed by atoms with E-state index < -0.39 is 0 Å². The lowest BCUT2D eigenvalue weighted by molar-refractivity contribution is -0.124. The summed E-state index contributed by atoms with van der Waals surface area (Å²) in [6.07, 6.45) is 10.3. The molecule has 0 bridgehead atoms. The monoisotopic (exact) mass is 1060 g/mol. The molecule has 4 N–H and O–H groups in total. The lowest BCUT2D eigenvalue weighted by atomic mass is 9.88. The van der Waals surface area contributed by atoms with Crippen molar-refractivity contribution in [3.8, 4) is 11.4 Å². The summed E-state index contributed by atoms with van der Waals surface area (Å²) < 4.78 is 0. The van der Waals surface area contributed by atoms with Gasteiger partial charge in [0.05, 0.1) is 35.5 Å². The summed E-state index contributed by atoms with van der Waals surface area (Å²) >= 11 is 0. The van der Waals surface area contributed by atoms with E-state index in [0.29, 0.717) is 19.6 Å². The normalized spacial score (nSPS) is 18.3. The van der Waals surface area contributed by atoms with Gasteiger partial charge in [0.2, 0.25) is 11.8 Å². The van der Waals surface area contributed by atoms with Crippen LogP contribution in [0.4, 0.5) is 17.1 Å². The number of hydrogen-bond acceptors (Lipinski definition) is 11. The van der Waals surface area contributed by atoms with Gasteiger partial charge in [-0.3, -0.25) is 24.3 Å². The number of fused-ring (bicyclic) bond motifs is 2. The lowest BCUT2D eigenvalue weighted by Crippen LogP contribution is -2.50. The number of benzene rings is 3. The number of hydrogen-bond donors (Lipinski definition) is 4. The number of unbranched alkanes of at least 4 members (excludes halogenated alkanes) is 6. The Labute approximate surface area is 464 Å². The first-order valence-electron chi connectivity index (χ1n) is 29.5. The highest BCUT2D eigenvalue weighted by molar-refractivity contribution is 5.83. The highest BCUT2D eigenvalue weighted by atomic mass is 16.2. The van der Waals surface area contributed by atoms with Crippen LogP contribution in [-0.2, 0) is 16.0 Å². The van der Waals surface area contributed by atoms with Gasteiger partial charge in [0, 0.05) is 123 Å². The Bertz CT molecular complexity index is 2480. The van der Waals surface area contributed by atoms with E-state index in [9.17, 15) is 9.59 Å². The number of aromatic amines is 1. The molecule has 3 aromatic carbocycles. The largest absolute Gasteiger partial charge is 0.369 e. The number of nitrogens with zero attached hydrogens (tertiary/aromatic N) is 8. The number of aryl methyl sites for hydroxylation is 1. The summed E-state index contributed by atoms with van der Waals surface area (Å²) in [7, 11) is 4.39. The molecule has 1 aromatic heterocycles. The first-order chi connectivity index (χ1) is 36.7. The Morgan fingerprint density at radius 1 is 0.675 bits per heavy atom. The van der Waals surface area contributed by atoms with Crippen molar-refractivity contribution in [2.75, 3.05) is 140 Å². The smallest absolute Gasteiger partial charge is 0.234 e. The number of nitrogens with one attached hydrogen (secondary N) is 4. The van der Waals surface area contributed by atoms with Crippen LogP contribution >= 0.6 is 0 Å². The van der Waals surface area contributed by atoms with E-state index in [4.69, 9.17) is 4.98 Å². The molecule has 0 aliphatic carbocycles. The molecule has 2 saturated heterocycles. The van der Waals surface area contributed by atoms with Crippen molar-refractivity contribution in [2.45, 2.75) is 125 Å². The quantitative estimate of drug-likeness (QED) is 0.0445. The van der Waals surface area contributed by atoms with Crippen LogP contribution in [0.3, 0.4) is 0 Å².